The standard InChI is InChI=1S/C56H36N4/c1-3-16-42(17-4-1)59-52-25-13-11-23-50(52)57-55(59)39-31-27-37(28-32-39)47-36-49-48(46-22-10-9-21-45(46)47)35-41-15-7-8-20-44(41)54(49)38-29-33-40(34-30-38)56-58-51-24-12-14-26-53(51)60(56)43-18-5-2-6-19-43/h1-36H. The number of hydrogen-bond acceptors (Lipinski definition) is 2. The topological polar surface area (TPSA) is 35.6 Å². The van der Waals surface area contributed by atoms with Crippen LogP contribution in [0.2, 0.25) is 0 Å². The van der Waals surface area contributed by atoms with Gasteiger partial charge in [-0.05, 0) is 115 Å². The van der Waals surface area contributed by atoms with E-state index in [1.54, 1.807) is 0 Å². The number of imidazole rings is 2. The molecule has 4 heteroatoms. The van der Waals surface area contributed by atoms with E-state index >= 15 is 0 Å². The van der Waals surface area contributed by atoms with E-state index in [1.165, 1.54) is 49.0 Å². The molecule has 280 valence electrons. The van der Waals surface area contributed by atoms with Gasteiger partial charge < -0.3 is 0 Å². The predicted molar refractivity (Wildman–Crippen MR) is 250 cm³/mol. The molecule has 12 rings (SSSR count). The van der Waals surface area contributed by atoms with E-state index in [0.717, 1.165) is 61.8 Å². The number of rotatable bonds is 6. The number of aromatic nitrogens is 4. The fourth-order valence-corrected chi connectivity index (χ4v) is 9.16. The zero-order valence-electron chi connectivity index (χ0n) is 32.6. The summed E-state index contributed by atoms with van der Waals surface area (Å²) in [6, 6.07) is 78.1. The van der Waals surface area contributed by atoms with Crippen molar-refractivity contribution in [3.8, 4) is 56.4 Å². The Bertz CT molecular complexity index is 3560. The van der Waals surface area contributed by atoms with Gasteiger partial charge in [-0.3, -0.25) is 9.13 Å². The summed E-state index contributed by atoms with van der Waals surface area (Å²) in [6.07, 6.45) is 0. The number of para-hydroxylation sites is 6. The van der Waals surface area contributed by atoms with Crippen LogP contribution in [0.1, 0.15) is 0 Å². The van der Waals surface area contributed by atoms with E-state index in [0.29, 0.717) is 0 Å². The monoisotopic (exact) mass is 764 g/mol. The predicted octanol–water partition coefficient (Wildman–Crippen LogP) is 14.5. The Hall–Kier alpha value is -8.08. The molecule has 0 fully saturated rings. The molecule has 4 nitrogen and oxygen atoms in total. The van der Waals surface area contributed by atoms with Crippen LogP contribution in [0.4, 0.5) is 0 Å². The average Bonchev–Trinajstić information content (AvgIpc) is 3.91. The first-order valence-electron chi connectivity index (χ1n) is 20.4. The molecule has 0 aliphatic rings. The molecule has 10 aromatic carbocycles. The first-order valence-corrected chi connectivity index (χ1v) is 20.4. The minimum Gasteiger partial charge on any atom is -0.292 e. The van der Waals surface area contributed by atoms with E-state index < -0.39 is 0 Å². The van der Waals surface area contributed by atoms with Gasteiger partial charge in [0.1, 0.15) is 11.6 Å². The van der Waals surface area contributed by atoms with Crippen LogP contribution in [0.15, 0.2) is 218 Å². The number of fused-ring (bicyclic) bond motifs is 6. The molecule has 2 aromatic heterocycles. The maximum absolute atomic E-state index is 5.16. The van der Waals surface area contributed by atoms with Crippen LogP contribution in [0.5, 0.6) is 0 Å². The van der Waals surface area contributed by atoms with E-state index in [1.807, 2.05) is 0 Å². The fraction of sp³-hybridized carbons (Fsp3) is 0. The van der Waals surface area contributed by atoms with Crippen LogP contribution in [0.25, 0.3) is 111 Å². The minimum absolute atomic E-state index is 0.924. The zero-order valence-corrected chi connectivity index (χ0v) is 32.6. The molecular weight excluding hydrogens is 729 g/mol. The molecular formula is C56H36N4. The smallest absolute Gasteiger partial charge is 0.145 e. The first kappa shape index (κ1) is 34.0. The van der Waals surface area contributed by atoms with E-state index in [4.69, 9.17) is 9.97 Å². The summed E-state index contributed by atoms with van der Waals surface area (Å²) >= 11 is 0. The Morgan fingerprint density at radius 3 is 1.33 bits per heavy atom. The second kappa shape index (κ2) is 13.8. The van der Waals surface area contributed by atoms with Crippen LogP contribution >= 0.6 is 0 Å². The van der Waals surface area contributed by atoms with Crippen molar-refractivity contribution in [2.75, 3.05) is 0 Å². The van der Waals surface area contributed by atoms with E-state index in [2.05, 4.69) is 228 Å². The molecule has 0 bridgehead atoms. The largest absolute Gasteiger partial charge is 0.292 e. The van der Waals surface area contributed by atoms with Crippen molar-refractivity contribution in [1.29, 1.82) is 0 Å². The summed E-state index contributed by atoms with van der Waals surface area (Å²) in [5.41, 5.74) is 13.2. The quantitative estimate of drug-likeness (QED) is 0.125. The Labute approximate surface area is 346 Å². The molecule has 0 aliphatic carbocycles. The molecule has 0 unspecified atom stereocenters. The van der Waals surface area contributed by atoms with Crippen molar-refractivity contribution in [2.45, 2.75) is 0 Å². The molecule has 12 aromatic rings. The Morgan fingerprint density at radius 2 is 0.750 bits per heavy atom. The summed E-state index contributed by atoms with van der Waals surface area (Å²) in [5, 5.41) is 7.38. The van der Waals surface area contributed by atoms with Crippen molar-refractivity contribution < 1.29 is 0 Å². The van der Waals surface area contributed by atoms with Crippen LogP contribution < -0.4 is 0 Å². The van der Waals surface area contributed by atoms with Crippen LogP contribution in [-0.4, -0.2) is 19.1 Å². The molecule has 2 heterocycles. The highest BCUT2D eigenvalue weighted by molar-refractivity contribution is 6.23. The second-order valence-electron chi connectivity index (χ2n) is 15.4. The molecule has 60 heavy (non-hydrogen) atoms. The third-order valence-corrected chi connectivity index (χ3v) is 11.9. The van der Waals surface area contributed by atoms with Crippen LogP contribution in [0.3, 0.4) is 0 Å². The van der Waals surface area contributed by atoms with Gasteiger partial charge in [0, 0.05) is 22.5 Å². The van der Waals surface area contributed by atoms with Crippen molar-refractivity contribution in [3.05, 3.63) is 218 Å². The second-order valence-corrected chi connectivity index (χ2v) is 15.4. The fourth-order valence-electron chi connectivity index (χ4n) is 9.16. The SMILES string of the molecule is c1ccc(-n2c(-c3ccc(-c4cc5c(-c6ccc(-c7nc8ccccc8n7-c7ccccc7)cc6)c6ccccc6cc5c5ccccc45)cc3)nc3ccccc32)cc1. The van der Waals surface area contributed by atoms with Gasteiger partial charge >= 0.3 is 0 Å². The van der Waals surface area contributed by atoms with Gasteiger partial charge in [0.15, 0.2) is 0 Å². The minimum atomic E-state index is 0.924. The van der Waals surface area contributed by atoms with Crippen molar-refractivity contribution in [1.82, 2.24) is 19.1 Å². The van der Waals surface area contributed by atoms with Crippen LogP contribution in [-0.2, 0) is 0 Å². The molecule has 0 saturated carbocycles. The molecule has 0 atom stereocenters. The van der Waals surface area contributed by atoms with Crippen LogP contribution in [0, 0.1) is 0 Å². The first-order chi connectivity index (χ1) is 29.8. The highest BCUT2D eigenvalue weighted by atomic mass is 15.1. The Kier molecular flexibility index (Phi) is 7.82. The lowest BCUT2D eigenvalue weighted by atomic mass is 9.86. The molecule has 0 N–H and O–H groups in total. The van der Waals surface area contributed by atoms with Crippen molar-refractivity contribution in [2.24, 2.45) is 0 Å². The van der Waals surface area contributed by atoms with E-state index in [-0.39, 0.29) is 0 Å². The normalized spacial score (nSPS) is 11.7. The Morgan fingerprint density at radius 1 is 0.300 bits per heavy atom. The van der Waals surface area contributed by atoms with E-state index in [9.17, 15) is 0 Å². The average molecular weight is 765 g/mol. The molecule has 0 radical (unpaired) electrons. The van der Waals surface area contributed by atoms with Gasteiger partial charge in [-0.1, -0.05) is 158 Å². The van der Waals surface area contributed by atoms with Crippen molar-refractivity contribution in [3.63, 3.8) is 0 Å². The lowest BCUT2D eigenvalue weighted by Crippen LogP contribution is -1.97. The zero-order chi connectivity index (χ0) is 39.6. The molecule has 0 saturated heterocycles. The summed E-state index contributed by atoms with van der Waals surface area (Å²) in [6.45, 7) is 0. The number of hydrogen-bond donors (Lipinski definition) is 0. The van der Waals surface area contributed by atoms with Gasteiger partial charge in [0.05, 0.1) is 22.1 Å². The third kappa shape index (κ3) is 5.46. The third-order valence-electron chi connectivity index (χ3n) is 11.9. The number of nitrogens with zero attached hydrogens (tertiary/aromatic N) is 4. The Balaban J connectivity index is 1.03. The molecule has 0 amide bonds. The lowest BCUT2D eigenvalue weighted by molar-refractivity contribution is 1.10. The highest BCUT2D eigenvalue weighted by Crippen LogP contribution is 2.44. The maximum atomic E-state index is 5.16. The van der Waals surface area contributed by atoms with Gasteiger partial charge in [-0.25, -0.2) is 9.97 Å². The van der Waals surface area contributed by atoms with Gasteiger partial charge in [0.25, 0.3) is 0 Å². The van der Waals surface area contributed by atoms with Gasteiger partial charge in [-0.15, -0.1) is 0 Å². The highest BCUT2D eigenvalue weighted by Gasteiger charge is 2.19. The molecule has 0 aliphatic heterocycles. The summed E-state index contributed by atoms with van der Waals surface area (Å²) in [7, 11) is 0. The molecule has 0 spiro atoms. The lowest BCUT2D eigenvalue weighted by Gasteiger charge is -2.17. The van der Waals surface area contributed by atoms with Gasteiger partial charge in [-0.2, -0.15) is 0 Å². The summed E-state index contributed by atoms with van der Waals surface area (Å²) in [4.78, 5) is 10.3. The van der Waals surface area contributed by atoms with Crippen molar-refractivity contribution >= 4 is 54.4 Å². The maximum Gasteiger partial charge on any atom is 0.145 e. The number of benzene rings is 10. The summed E-state index contributed by atoms with van der Waals surface area (Å²) < 4.78 is 4.52. The summed E-state index contributed by atoms with van der Waals surface area (Å²) in [5.74, 6) is 1.85. The van der Waals surface area contributed by atoms with Gasteiger partial charge in [0.2, 0.25) is 0 Å².